The minimum Gasteiger partial charge on any atom is -0.385 e. The molecule has 0 fully saturated rings. The molecule has 2 rings (SSSR count). The SMILES string of the molecule is CCC(=O)N(Cc1ccc(F)cc1)C(Cc1ccccc1)C(=O)NCCCOC. The third kappa shape index (κ3) is 7.31. The Morgan fingerprint density at radius 2 is 1.76 bits per heavy atom. The number of benzene rings is 2. The van der Waals surface area contributed by atoms with Crippen LogP contribution in [0.5, 0.6) is 0 Å². The van der Waals surface area contributed by atoms with E-state index in [0.717, 1.165) is 11.1 Å². The fourth-order valence-electron chi connectivity index (χ4n) is 3.09. The molecule has 0 saturated heterocycles. The number of carbonyl (C=O) groups is 2. The lowest BCUT2D eigenvalue weighted by molar-refractivity contribution is -0.141. The van der Waals surface area contributed by atoms with E-state index in [-0.39, 0.29) is 30.6 Å². The van der Waals surface area contributed by atoms with Crippen molar-refractivity contribution in [3.05, 3.63) is 71.5 Å². The summed E-state index contributed by atoms with van der Waals surface area (Å²) in [5, 5.41) is 2.92. The molecular weight excluding hydrogens is 371 g/mol. The largest absolute Gasteiger partial charge is 0.385 e. The predicted molar refractivity (Wildman–Crippen MR) is 111 cm³/mol. The van der Waals surface area contributed by atoms with Crippen molar-refractivity contribution in [3.63, 3.8) is 0 Å². The maximum Gasteiger partial charge on any atom is 0.243 e. The zero-order chi connectivity index (χ0) is 21.1. The summed E-state index contributed by atoms with van der Waals surface area (Å²) in [5.41, 5.74) is 1.75. The molecule has 0 aliphatic rings. The molecule has 1 unspecified atom stereocenters. The van der Waals surface area contributed by atoms with E-state index in [9.17, 15) is 14.0 Å². The third-order valence-corrected chi connectivity index (χ3v) is 4.66. The van der Waals surface area contributed by atoms with Crippen LogP contribution in [0, 0.1) is 5.82 Å². The molecule has 156 valence electrons. The van der Waals surface area contributed by atoms with Crippen molar-refractivity contribution < 1.29 is 18.7 Å². The number of nitrogens with zero attached hydrogens (tertiary/aromatic N) is 1. The van der Waals surface area contributed by atoms with Crippen molar-refractivity contribution in [2.45, 2.75) is 38.8 Å². The first-order valence-corrected chi connectivity index (χ1v) is 9.89. The monoisotopic (exact) mass is 400 g/mol. The Morgan fingerprint density at radius 1 is 1.07 bits per heavy atom. The number of nitrogens with one attached hydrogen (secondary N) is 1. The first-order chi connectivity index (χ1) is 14.0. The number of halogens is 1. The van der Waals surface area contributed by atoms with E-state index in [1.54, 1.807) is 31.1 Å². The lowest BCUT2D eigenvalue weighted by Crippen LogP contribution is -2.50. The minimum atomic E-state index is -0.655. The van der Waals surface area contributed by atoms with E-state index in [0.29, 0.717) is 26.0 Å². The molecule has 0 heterocycles. The summed E-state index contributed by atoms with van der Waals surface area (Å²) in [6, 6.07) is 15.0. The summed E-state index contributed by atoms with van der Waals surface area (Å²) in [6.45, 7) is 3.05. The maximum atomic E-state index is 13.3. The Labute approximate surface area is 171 Å². The molecule has 0 aromatic heterocycles. The summed E-state index contributed by atoms with van der Waals surface area (Å²) in [5.74, 6) is -0.657. The van der Waals surface area contributed by atoms with Gasteiger partial charge in [0.1, 0.15) is 11.9 Å². The topological polar surface area (TPSA) is 58.6 Å². The fraction of sp³-hybridized carbons (Fsp3) is 0.391. The average Bonchev–Trinajstić information content (AvgIpc) is 2.75. The van der Waals surface area contributed by atoms with Gasteiger partial charge >= 0.3 is 0 Å². The maximum absolute atomic E-state index is 13.3. The van der Waals surface area contributed by atoms with Crippen LogP contribution in [0.4, 0.5) is 4.39 Å². The van der Waals surface area contributed by atoms with Crippen LogP contribution in [0.15, 0.2) is 54.6 Å². The number of rotatable bonds is 11. The van der Waals surface area contributed by atoms with Gasteiger partial charge in [0.2, 0.25) is 11.8 Å². The minimum absolute atomic E-state index is 0.123. The van der Waals surface area contributed by atoms with E-state index in [1.807, 2.05) is 30.3 Å². The quantitative estimate of drug-likeness (QED) is 0.589. The Hall–Kier alpha value is -2.73. The first-order valence-electron chi connectivity index (χ1n) is 9.89. The van der Waals surface area contributed by atoms with Crippen LogP contribution in [-0.2, 0) is 27.3 Å². The molecule has 0 saturated carbocycles. The van der Waals surface area contributed by atoms with Crippen LogP contribution in [0.3, 0.4) is 0 Å². The summed E-state index contributed by atoms with van der Waals surface area (Å²) in [4.78, 5) is 27.3. The molecule has 6 heteroatoms. The van der Waals surface area contributed by atoms with Gasteiger partial charge in [0.25, 0.3) is 0 Å². The number of ether oxygens (including phenoxy) is 1. The number of methoxy groups -OCH3 is 1. The van der Waals surface area contributed by atoms with Crippen molar-refractivity contribution in [3.8, 4) is 0 Å². The van der Waals surface area contributed by atoms with Gasteiger partial charge in [0, 0.05) is 39.6 Å². The highest BCUT2D eigenvalue weighted by Gasteiger charge is 2.29. The van der Waals surface area contributed by atoms with Crippen LogP contribution in [0.25, 0.3) is 0 Å². The van der Waals surface area contributed by atoms with E-state index in [1.165, 1.54) is 12.1 Å². The Bertz CT molecular complexity index is 765. The van der Waals surface area contributed by atoms with Crippen molar-refractivity contribution >= 4 is 11.8 Å². The molecule has 2 aromatic carbocycles. The van der Waals surface area contributed by atoms with Gasteiger partial charge in [0.15, 0.2) is 0 Å². The van der Waals surface area contributed by atoms with Crippen LogP contribution >= 0.6 is 0 Å². The molecule has 1 atom stereocenters. The second-order valence-electron chi connectivity index (χ2n) is 6.84. The van der Waals surface area contributed by atoms with Gasteiger partial charge in [-0.2, -0.15) is 0 Å². The molecule has 0 aliphatic carbocycles. The number of hydrogen-bond acceptors (Lipinski definition) is 3. The van der Waals surface area contributed by atoms with Crippen LogP contribution in [-0.4, -0.2) is 43.0 Å². The van der Waals surface area contributed by atoms with E-state index in [4.69, 9.17) is 4.74 Å². The average molecular weight is 400 g/mol. The predicted octanol–water partition coefficient (Wildman–Crippen LogP) is 3.33. The number of hydrogen-bond donors (Lipinski definition) is 1. The third-order valence-electron chi connectivity index (χ3n) is 4.66. The Morgan fingerprint density at radius 3 is 2.38 bits per heavy atom. The summed E-state index contributed by atoms with van der Waals surface area (Å²) < 4.78 is 18.3. The summed E-state index contributed by atoms with van der Waals surface area (Å²) in [6.07, 6.45) is 1.38. The van der Waals surface area contributed by atoms with Crippen LogP contribution in [0.2, 0.25) is 0 Å². The van der Waals surface area contributed by atoms with Gasteiger partial charge in [-0.25, -0.2) is 4.39 Å². The van der Waals surface area contributed by atoms with Crippen LogP contribution < -0.4 is 5.32 Å². The summed E-state index contributed by atoms with van der Waals surface area (Å²) >= 11 is 0. The fourth-order valence-corrected chi connectivity index (χ4v) is 3.09. The van der Waals surface area contributed by atoms with E-state index < -0.39 is 6.04 Å². The molecule has 0 aliphatic heterocycles. The van der Waals surface area contributed by atoms with E-state index in [2.05, 4.69) is 5.32 Å². The lowest BCUT2D eigenvalue weighted by atomic mass is 10.0. The van der Waals surface area contributed by atoms with Gasteiger partial charge in [-0.3, -0.25) is 9.59 Å². The number of carbonyl (C=O) groups excluding carboxylic acids is 2. The van der Waals surface area contributed by atoms with Gasteiger partial charge in [0.05, 0.1) is 0 Å². The highest BCUT2D eigenvalue weighted by atomic mass is 19.1. The van der Waals surface area contributed by atoms with Crippen molar-refractivity contribution in [1.82, 2.24) is 10.2 Å². The second-order valence-corrected chi connectivity index (χ2v) is 6.84. The molecule has 29 heavy (non-hydrogen) atoms. The molecule has 2 amide bonds. The van der Waals surface area contributed by atoms with Crippen molar-refractivity contribution in [2.24, 2.45) is 0 Å². The van der Waals surface area contributed by atoms with E-state index >= 15 is 0 Å². The molecule has 2 aromatic rings. The highest BCUT2D eigenvalue weighted by molar-refractivity contribution is 5.87. The molecule has 0 radical (unpaired) electrons. The smallest absolute Gasteiger partial charge is 0.243 e. The number of amides is 2. The van der Waals surface area contributed by atoms with Crippen molar-refractivity contribution in [2.75, 3.05) is 20.3 Å². The second kappa shape index (κ2) is 12.0. The molecular formula is C23H29FN2O3. The van der Waals surface area contributed by atoms with Gasteiger partial charge in [-0.15, -0.1) is 0 Å². The Balaban J connectivity index is 2.25. The van der Waals surface area contributed by atoms with Crippen LogP contribution in [0.1, 0.15) is 30.9 Å². The highest BCUT2D eigenvalue weighted by Crippen LogP contribution is 2.16. The molecule has 1 N–H and O–H groups in total. The summed E-state index contributed by atoms with van der Waals surface area (Å²) in [7, 11) is 1.62. The zero-order valence-electron chi connectivity index (χ0n) is 17.1. The lowest BCUT2D eigenvalue weighted by Gasteiger charge is -2.31. The Kier molecular flexibility index (Phi) is 9.31. The zero-order valence-corrected chi connectivity index (χ0v) is 17.1. The molecule has 5 nitrogen and oxygen atoms in total. The first kappa shape index (κ1) is 22.6. The standard InChI is InChI=1S/C23H29FN2O3/c1-3-22(27)26(17-19-10-12-20(24)13-11-19)21(16-18-8-5-4-6-9-18)23(28)25-14-7-15-29-2/h4-6,8-13,21H,3,7,14-17H2,1-2H3,(H,25,28). The van der Waals surface area contributed by atoms with Gasteiger partial charge in [-0.05, 0) is 29.7 Å². The van der Waals surface area contributed by atoms with Gasteiger partial charge in [-0.1, -0.05) is 49.4 Å². The normalized spacial score (nSPS) is 11.7. The molecule has 0 spiro atoms. The molecule has 0 bridgehead atoms. The van der Waals surface area contributed by atoms with Gasteiger partial charge < -0.3 is 15.0 Å². The van der Waals surface area contributed by atoms with Crippen molar-refractivity contribution in [1.29, 1.82) is 0 Å².